The van der Waals surface area contributed by atoms with Gasteiger partial charge < -0.3 is 30.2 Å². The molecule has 0 aromatic heterocycles. The first-order valence-electron chi connectivity index (χ1n) is 9.13. The normalized spacial score (nSPS) is 17.6. The number of carbonyl (C=O) groups excluding carboxylic acids is 1. The van der Waals surface area contributed by atoms with E-state index < -0.39 is 0 Å². The second-order valence-electron chi connectivity index (χ2n) is 6.41. The summed E-state index contributed by atoms with van der Waals surface area (Å²) in [6.45, 7) is 4.86. The number of piperidine rings is 1. The lowest BCUT2D eigenvalue weighted by atomic mass is 10.1. The predicted molar refractivity (Wildman–Crippen MR) is 103 cm³/mol. The molecule has 1 saturated heterocycles. The number of fused-ring (bicyclic) bond motifs is 1. The maximum atomic E-state index is 11.7. The molecule has 1 fully saturated rings. The fourth-order valence-electron chi connectivity index (χ4n) is 3.11. The van der Waals surface area contributed by atoms with Crippen LogP contribution in [0.15, 0.2) is 17.1 Å². The van der Waals surface area contributed by atoms with Gasteiger partial charge in [-0.05, 0) is 37.5 Å². The molecule has 148 valence electrons. The number of guanidine groups is 1. The summed E-state index contributed by atoms with van der Waals surface area (Å²) in [5.41, 5.74) is 6.91. The molecule has 9 heteroatoms. The second-order valence-corrected chi connectivity index (χ2v) is 6.82. The van der Waals surface area contributed by atoms with Crippen LogP contribution < -0.4 is 20.5 Å². The van der Waals surface area contributed by atoms with Gasteiger partial charge in [-0.25, -0.2) is 9.79 Å². The third-order valence-electron chi connectivity index (χ3n) is 4.46. The van der Waals surface area contributed by atoms with Gasteiger partial charge in [0, 0.05) is 19.1 Å². The van der Waals surface area contributed by atoms with Crippen molar-refractivity contribution in [1.82, 2.24) is 10.2 Å². The van der Waals surface area contributed by atoms with Gasteiger partial charge in [0.25, 0.3) is 0 Å². The lowest BCUT2D eigenvalue weighted by Gasteiger charge is -2.31. The molecule has 2 aliphatic heterocycles. The Balaban J connectivity index is 1.50. The van der Waals surface area contributed by atoms with E-state index in [-0.39, 0.29) is 12.1 Å². The van der Waals surface area contributed by atoms with Gasteiger partial charge in [0.05, 0.1) is 18.2 Å². The van der Waals surface area contributed by atoms with Crippen LogP contribution in [0.4, 0.5) is 4.79 Å². The summed E-state index contributed by atoms with van der Waals surface area (Å²) in [5.74, 6) is 1.59. The number of halogens is 1. The summed E-state index contributed by atoms with van der Waals surface area (Å²) >= 11 is 6.24. The van der Waals surface area contributed by atoms with E-state index in [0.29, 0.717) is 61.9 Å². The van der Waals surface area contributed by atoms with Gasteiger partial charge in [0.15, 0.2) is 17.5 Å². The first-order valence-corrected chi connectivity index (χ1v) is 9.50. The summed E-state index contributed by atoms with van der Waals surface area (Å²) in [6.07, 6.45) is 1.34. The number of nitrogens with two attached hydrogens (primary N) is 1. The maximum absolute atomic E-state index is 11.7. The lowest BCUT2D eigenvalue weighted by Crippen LogP contribution is -2.48. The van der Waals surface area contributed by atoms with Crippen LogP contribution in [0.25, 0.3) is 0 Å². The van der Waals surface area contributed by atoms with Crippen molar-refractivity contribution < 1.29 is 19.0 Å². The molecule has 3 rings (SSSR count). The smallest absolute Gasteiger partial charge is 0.409 e. The highest BCUT2D eigenvalue weighted by Crippen LogP contribution is 2.38. The molecule has 27 heavy (non-hydrogen) atoms. The van der Waals surface area contributed by atoms with E-state index in [9.17, 15) is 4.79 Å². The number of rotatable bonds is 4. The fraction of sp³-hybridized carbons (Fsp3) is 0.556. The van der Waals surface area contributed by atoms with Crippen molar-refractivity contribution >= 4 is 23.7 Å². The van der Waals surface area contributed by atoms with Crippen LogP contribution >= 0.6 is 11.6 Å². The van der Waals surface area contributed by atoms with Crippen molar-refractivity contribution in [1.29, 1.82) is 0 Å². The van der Waals surface area contributed by atoms with E-state index in [1.54, 1.807) is 11.8 Å². The largest absolute Gasteiger partial charge is 0.486 e. The monoisotopic (exact) mass is 396 g/mol. The lowest BCUT2D eigenvalue weighted by molar-refractivity contribution is 0.0963. The average molecular weight is 397 g/mol. The number of likely N-dealkylation sites (tertiary alicyclic amines) is 1. The molecular weight excluding hydrogens is 372 g/mol. The van der Waals surface area contributed by atoms with Crippen molar-refractivity contribution in [2.24, 2.45) is 10.7 Å². The van der Waals surface area contributed by atoms with Crippen LogP contribution in [0.5, 0.6) is 11.5 Å². The van der Waals surface area contributed by atoms with E-state index in [2.05, 4.69) is 10.3 Å². The Hall–Kier alpha value is -2.35. The van der Waals surface area contributed by atoms with Crippen LogP contribution in [0, 0.1) is 0 Å². The summed E-state index contributed by atoms with van der Waals surface area (Å²) in [5, 5.41) is 3.73. The first-order chi connectivity index (χ1) is 13.1. The zero-order valence-electron chi connectivity index (χ0n) is 15.4. The van der Waals surface area contributed by atoms with Crippen LogP contribution in [-0.2, 0) is 11.3 Å². The third-order valence-corrected chi connectivity index (χ3v) is 4.74. The molecule has 2 heterocycles. The van der Waals surface area contributed by atoms with E-state index in [1.807, 2.05) is 12.1 Å². The Kier molecular flexibility index (Phi) is 6.49. The first kappa shape index (κ1) is 19.4. The second kappa shape index (κ2) is 9.03. The van der Waals surface area contributed by atoms with Crippen LogP contribution in [0.1, 0.15) is 25.3 Å². The Labute approximate surface area is 163 Å². The molecule has 1 aromatic rings. The molecule has 0 spiro atoms. The molecule has 0 saturated carbocycles. The standard InChI is InChI=1S/C18H25ClN4O4/c1-2-25-18(24)23-5-3-13(4-6-23)22-17(20)21-11-12-9-14(19)16-15(10-12)26-7-8-27-16/h9-10,13H,2-8,11H2,1H3,(H3,20,21,22). The predicted octanol–water partition coefficient (Wildman–Crippen LogP) is 2.14. The number of amides is 1. The van der Waals surface area contributed by atoms with Gasteiger partial charge in [-0.2, -0.15) is 0 Å². The highest BCUT2D eigenvalue weighted by Gasteiger charge is 2.23. The summed E-state index contributed by atoms with van der Waals surface area (Å²) in [6, 6.07) is 3.86. The Bertz CT molecular complexity index is 705. The van der Waals surface area contributed by atoms with Crippen molar-refractivity contribution in [3.8, 4) is 11.5 Å². The highest BCUT2D eigenvalue weighted by atomic mass is 35.5. The molecule has 1 amide bonds. The minimum Gasteiger partial charge on any atom is -0.486 e. The van der Waals surface area contributed by atoms with E-state index >= 15 is 0 Å². The van der Waals surface area contributed by atoms with Crippen LogP contribution in [0.3, 0.4) is 0 Å². The quantitative estimate of drug-likeness (QED) is 0.597. The van der Waals surface area contributed by atoms with Crippen LogP contribution in [-0.4, -0.2) is 55.9 Å². The number of ether oxygens (including phenoxy) is 3. The Morgan fingerprint density at radius 3 is 2.85 bits per heavy atom. The van der Waals surface area contributed by atoms with Gasteiger partial charge in [0.2, 0.25) is 0 Å². The molecule has 8 nitrogen and oxygen atoms in total. The SMILES string of the molecule is CCOC(=O)N1CCC(NC(N)=NCc2cc(Cl)c3c(c2)OCCO3)CC1. The molecule has 0 bridgehead atoms. The fourth-order valence-corrected chi connectivity index (χ4v) is 3.40. The van der Waals surface area contributed by atoms with Gasteiger partial charge in [0.1, 0.15) is 13.2 Å². The van der Waals surface area contributed by atoms with Crippen molar-refractivity contribution in [3.63, 3.8) is 0 Å². The number of aliphatic imine (C=N–C) groups is 1. The van der Waals surface area contributed by atoms with Gasteiger partial charge >= 0.3 is 6.09 Å². The van der Waals surface area contributed by atoms with Crippen molar-refractivity contribution in [2.75, 3.05) is 32.9 Å². The zero-order valence-corrected chi connectivity index (χ0v) is 16.1. The van der Waals surface area contributed by atoms with Crippen LogP contribution in [0.2, 0.25) is 5.02 Å². The molecule has 0 atom stereocenters. The maximum Gasteiger partial charge on any atom is 0.409 e. The number of nitrogens with zero attached hydrogens (tertiary/aromatic N) is 2. The molecule has 1 aromatic carbocycles. The third kappa shape index (κ3) is 5.09. The van der Waals surface area contributed by atoms with E-state index in [0.717, 1.165) is 18.4 Å². The summed E-state index contributed by atoms with van der Waals surface area (Å²) in [7, 11) is 0. The van der Waals surface area contributed by atoms with Gasteiger partial charge in [-0.3, -0.25) is 0 Å². The van der Waals surface area contributed by atoms with Crippen molar-refractivity contribution in [3.05, 3.63) is 22.7 Å². The minimum absolute atomic E-state index is 0.184. The summed E-state index contributed by atoms with van der Waals surface area (Å²) < 4.78 is 16.1. The Morgan fingerprint density at radius 1 is 1.37 bits per heavy atom. The number of hydrogen-bond donors (Lipinski definition) is 2. The van der Waals surface area contributed by atoms with E-state index in [4.69, 9.17) is 31.5 Å². The number of nitrogens with one attached hydrogen (secondary N) is 1. The Morgan fingerprint density at radius 2 is 2.11 bits per heavy atom. The molecule has 0 radical (unpaired) electrons. The number of benzene rings is 1. The molecule has 2 aliphatic rings. The van der Waals surface area contributed by atoms with Gasteiger partial charge in [-0.1, -0.05) is 11.6 Å². The molecule has 0 aliphatic carbocycles. The van der Waals surface area contributed by atoms with Gasteiger partial charge in [-0.15, -0.1) is 0 Å². The van der Waals surface area contributed by atoms with E-state index in [1.165, 1.54) is 0 Å². The zero-order chi connectivity index (χ0) is 19.2. The number of hydrogen-bond acceptors (Lipinski definition) is 5. The topological polar surface area (TPSA) is 98.4 Å². The minimum atomic E-state index is -0.256. The number of carbonyl (C=O) groups is 1. The highest BCUT2D eigenvalue weighted by molar-refractivity contribution is 6.32. The molecule has 3 N–H and O–H groups in total. The summed E-state index contributed by atoms with van der Waals surface area (Å²) in [4.78, 5) is 17.8. The molecule has 0 unspecified atom stereocenters. The average Bonchev–Trinajstić information content (AvgIpc) is 2.67. The van der Waals surface area contributed by atoms with Crippen molar-refractivity contribution in [2.45, 2.75) is 32.4 Å². The molecular formula is C18H25ClN4O4.